The fourth-order valence-corrected chi connectivity index (χ4v) is 1.17. The van der Waals surface area contributed by atoms with Crippen molar-refractivity contribution in [1.82, 2.24) is 4.98 Å². The molecule has 2 N–H and O–H groups in total. The zero-order valence-electron chi connectivity index (χ0n) is 5.03. The lowest BCUT2D eigenvalue weighted by Gasteiger charge is -1.81. The van der Waals surface area contributed by atoms with Gasteiger partial charge in [0.2, 0.25) is 0 Å². The normalized spacial score (nSPS) is 10.8. The molecule has 0 radical (unpaired) electrons. The summed E-state index contributed by atoms with van der Waals surface area (Å²) in [5.41, 5.74) is 2.75. The zero-order valence-corrected chi connectivity index (χ0v) is 5.85. The van der Waals surface area contributed by atoms with Crippen LogP contribution < -0.4 is 5.84 Å². The van der Waals surface area contributed by atoms with Gasteiger partial charge in [-0.3, -0.25) is 0 Å². The average molecular weight is 141 g/mol. The fraction of sp³-hybridized carbons (Fsp3) is 0.200. The maximum atomic E-state index is 4.94. The molecule has 0 fully saturated rings. The van der Waals surface area contributed by atoms with Crippen molar-refractivity contribution in [3.63, 3.8) is 0 Å². The Bertz CT molecular complexity index is 216. The van der Waals surface area contributed by atoms with E-state index in [0.29, 0.717) is 0 Å². The number of rotatable bonds is 1. The topological polar surface area (TPSA) is 51.3 Å². The molecule has 0 aliphatic rings. The van der Waals surface area contributed by atoms with Crippen molar-refractivity contribution < 1.29 is 0 Å². The fourth-order valence-electron chi connectivity index (χ4n) is 0.503. The Balaban J connectivity index is 2.94. The maximum absolute atomic E-state index is 4.94. The summed E-state index contributed by atoms with van der Waals surface area (Å²) in [5, 5.41) is 3.38. The molecule has 3 nitrogen and oxygen atoms in total. The molecule has 1 rings (SSSR count). The number of hydrogen-bond donors (Lipinski definition) is 1. The van der Waals surface area contributed by atoms with Crippen LogP contribution in [-0.4, -0.2) is 11.2 Å². The number of aryl methyl sites for hydroxylation is 1. The SMILES string of the molecule is Cc1ncsc1/C=N/N. The van der Waals surface area contributed by atoms with Gasteiger partial charge in [-0.1, -0.05) is 0 Å². The van der Waals surface area contributed by atoms with Crippen molar-refractivity contribution in [2.45, 2.75) is 6.92 Å². The number of thiazole rings is 1. The Hall–Kier alpha value is -0.900. The van der Waals surface area contributed by atoms with Crippen molar-refractivity contribution in [2.75, 3.05) is 0 Å². The largest absolute Gasteiger partial charge is 0.323 e. The summed E-state index contributed by atoms with van der Waals surface area (Å²) in [7, 11) is 0. The van der Waals surface area contributed by atoms with Gasteiger partial charge < -0.3 is 5.84 Å². The predicted octanol–water partition coefficient (Wildman–Crippen LogP) is 0.744. The zero-order chi connectivity index (χ0) is 6.69. The second kappa shape index (κ2) is 2.59. The molecule has 0 spiro atoms. The van der Waals surface area contributed by atoms with Gasteiger partial charge in [0.05, 0.1) is 22.3 Å². The predicted molar refractivity (Wildman–Crippen MR) is 38.6 cm³/mol. The van der Waals surface area contributed by atoms with E-state index in [1.165, 1.54) is 11.3 Å². The van der Waals surface area contributed by atoms with E-state index >= 15 is 0 Å². The number of nitrogens with two attached hydrogens (primary N) is 1. The van der Waals surface area contributed by atoms with Crippen molar-refractivity contribution in [2.24, 2.45) is 10.9 Å². The summed E-state index contributed by atoms with van der Waals surface area (Å²) in [5.74, 6) is 4.94. The molecule has 0 saturated heterocycles. The van der Waals surface area contributed by atoms with Crippen LogP contribution in [0.15, 0.2) is 10.6 Å². The highest BCUT2D eigenvalue weighted by Gasteiger charge is 1.94. The van der Waals surface area contributed by atoms with Gasteiger partial charge >= 0.3 is 0 Å². The van der Waals surface area contributed by atoms with Gasteiger partial charge in [-0.25, -0.2) is 4.98 Å². The van der Waals surface area contributed by atoms with Crippen LogP contribution in [0.25, 0.3) is 0 Å². The van der Waals surface area contributed by atoms with Crippen molar-refractivity contribution in [1.29, 1.82) is 0 Å². The van der Waals surface area contributed by atoms with E-state index < -0.39 is 0 Å². The highest BCUT2D eigenvalue weighted by atomic mass is 32.1. The average Bonchev–Trinajstić information content (AvgIpc) is 2.18. The van der Waals surface area contributed by atoms with Gasteiger partial charge in [0.25, 0.3) is 0 Å². The molecule has 1 aromatic heterocycles. The van der Waals surface area contributed by atoms with Gasteiger partial charge in [0.1, 0.15) is 0 Å². The number of hydrogen-bond acceptors (Lipinski definition) is 4. The summed E-state index contributed by atoms with van der Waals surface area (Å²) >= 11 is 1.53. The second-order valence-corrected chi connectivity index (χ2v) is 2.47. The van der Waals surface area contributed by atoms with E-state index in [0.717, 1.165) is 10.6 Å². The highest BCUT2D eigenvalue weighted by Crippen LogP contribution is 2.07. The second-order valence-electron chi connectivity index (χ2n) is 1.58. The quantitative estimate of drug-likeness (QED) is 0.356. The molecule has 0 aliphatic carbocycles. The van der Waals surface area contributed by atoms with Crippen LogP contribution >= 0.6 is 11.3 Å². The molecule has 0 aliphatic heterocycles. The van der Waals surface area contributed by atoms with Crippen molar-refractivity contribution in [3.05, 3.63) is 16.1 Å². The lowest BCUT2D eigenvalue weighted by atomic mass is 10.4. The minimum absolute atomic E-state index is 0.981. The molecule has 9 heavy (non-hydrogen) atoms. The van der Waals surface area contributed by atoms with Crippen LogP contribution in [0.1, 0.15) is 10.6 Å². The first-order chi connectivity index (χ1) is 4.34. The molecule has 0 amide bonds. The number of nitrogens with zero attached hydrogens (tertiary/aromatic N) is 2. The van der Waals surface area contributed by atoms with Crippen LogP contribution in [0.4, 0.5) is 0 Å². The summed E-state index contributed by atoms with van der Waals surface area (Å²) in [4.78, 5) is 5.03. The summed E-state index contributed by atoms with van der Waals surface area (Å²) in [6, 6.07) is 0. The molecular formula is C5H7N3S. The van der Waals surface area contributed by atoms with Gasteiger partial charge in [0, 0.05) is 0 Å². The molecule has 0 aromatic carbocycles. The monoisotopic (exact) mass is 141 g/mol. The molecular weight excluding hydrogens is 134 g/mol. The van der Waals surface area contributed by atoms with E-state index in [9.17, 15) is 0 Å². The third-order valence-electron chi connectivity index (χ3n) is 0.974. The van der Waals surface area contributed by atoms with Gasteiger partial charge in [0.15, 0.2) is 0 Å². The van der Waals surface area contributed by atoms with Gasteiger partial charge in [-0.05, 0) is 6.92 Å². The number of aromatic nitrogens is 1. The number of hydrazone groups is 1. The van der Waals surface area contributed by atoms with E-state index in [-0.39, 0.29) is 0 Å². The minimum atomic E-state index is 0.981. The van der Waals surface area contributed by atoms with Crippen LogP contribution in [-0.2, 0) is 0 Å². The molecule has 4 heteroatoms. The lowest BCUT2D eigenvalue weighted by molar-refractivity contribution is 1.24. The molecule has 1 aromatic rings. The van der Waals surface area contributed by atoms with Crippen LogP contribution in [0.5, 0.6) is 0 Å². The summed E-state index contributed by atoms with van der Waals surface area (Å²) < 4.78 is 0. The van der Waals surface area contributed by atoms with E-state index in [2.05, 4.69) is 10.1 Å². The Labute approximate surface area is 57.2 Å². The van der Waals surface area contributed by atoms with Gasteiger partial charge in [-0.15, -0.1) is 11.3 Å². The van der Waals surface area contributed by atoms with Crippen LogP contribution in [0.3, 0.4) is 0 Å². The Kier molecular flexibility index (Phi) is 1.79. The van der Waals surface area contributed by atoms with Crippen molar-refractivity contribution >= 4 is 17.6 Å². The molecule has 0 saturated carbocycles. The lowest BCUT2D eigenvalue weighted by Crippen LogP contribution is -1.84. The van der Waals surface area contributed by atoms with E-state index in [1.807, 2.05) is 6.92 Å². The summed E-state index contributed by atoms with van der Waals surface area (Å²) in [6.45, 7) is 1.92. The third-order valence-corrected chi connectivity index (χ3v) is 1.84. The van der Waals surface area contributed by atoms with Crippen molar-refractivity contribution in [3.8, 4) is 0 Å². The highest BCUT2D eigenvalue weighted by molar-refractivity contribution is 7.11. The molecule has 0 atom stereocenters. The van der Waals surface area contributed by atoms with Crippen LogP contribution in [0, 0.1) is 6.92 Å². The first-order valence-corrected chi connectivity index (χ1v) is 3.36. The first kappa shape index (κ1) is 6.22. The Morgan fingerprint density at radius 2 is 2.67 bits per heavy atom. The molecule has 0 bridgehead atoms. The molecule has 1 heterocycles. The Morgan fingerprint density at radius 3 is 3.11 bits per heavy atom. The van der Waals surface area contributed by atoms with E-state index in [4.69, 9.17) is 5.84 Å². The standard InChI is InChI=1S/C5H7N3S/c1-4-5(2-8-6)9-3-7-4/h2-3H,6H2,1H3/b8-2+. The van der Waals surface area contributed by atoms with Gasteiger partial charge in [-0.2, -0.15) is 5.10 Å². The minimum Gasteiger partial charge on any atom is -0.323 e. The molecule has 48 valence electrons. The molecule has 0 unspecified atom stereocenters. The Morgan fingerprint density at radius 1 is 1.89 bits per heavy atom. The van der Waals surface area contributed by atoms with Crippen LogP contribution in [0.2, 0.25) is 0 Å². The summed E-state index contributed by atoms with van der Waals surface area (Å²) in [6.07, 6.45) is 1.60. The third kappa shape index (κ3) is 1.26. The smallest absolute Gasteiger partial charge is 0.0801 e. The maximum Gasteiger partial charge on any atom is 0.0801 e. The van der Waals surface area contributed by atoms with E-state index in [1.54, 1.807) is 11.7 Å². The first-order valence-electron chi connectivity index (χ1n) is 2.48.